The minimum Gasteiger partial charge on any atom is -0.384 e. The number of aromatic nitrogens is 2. The Balaban J connectivity index is 2.20. The molecule has 0 radical (unpaired) electrons. The maximum absolute atomic E-state index is 10.9. The van der Waals surface area contributed by atoms with Crippen molar-refractivity contribution in [1.29, 1.82) is 0 Å². The van der Waals surface area contributed by atoms with Gasteiger partial charge in [-0.3, -0.25) is 4.68 Å². The van der Waals surface area contributed by atoms with Gasteiger partial charge in [-0.1, -0.05) is 6.42 Å². The van der Waals surface area contributed by atoms with Crippen LogP contribution in [0.1, 0.15) is 58.2 Å². The molecule has 4 nitrogen and oxygen atoms in total. The van der Waals surface area contributed by atoms with E-state index in [-0.39, 0.29) is 6.04 Å². The molecule has 1 saturated heterocycles. The summed E-state index contributed by atoms with van der Waals surface area (Å²) >= 11 is 3.52. The van der Waals surface area contributed by atoms with Crippen molar-refractivity contribution in [3.05, 3.63) is 16.4 Å². The van der Waals surface area contributed by atoms with Crippen molar-refractivity contribution in [3.8, 4) is 0 Å². The van der Waals surface area contributed by atoms with E-state index in [1.54, 1.807) is 6.20 Å². The van der Waals surface area contributed by atoms with Crippen molar-refractivity contribution in [1.82, 2.24) is 15.1 Å². The molecule has 2 rings (SSSR count). The van der Waals surface area contributed by atoms with E-state index in [2.05, 4.69) is 40.2 Å². The zero-order chi connectivity index (χ0) is 14.0. The van der Waals surface area contributed by atoms with E-state index in [0.717, 1.165) is 29.6 Å². The van der Waals surface area contributed by atoms with Gasteiger partial charge in [0.25, 0.3) is 0 Å². The van der Waals surface area contributed by atoms with Gasteiger partial charge in [0.15, 0.2) is 0 Å². The lowest BCUT2D eigenvalue weighted by atomic mass is 9.89. The van der Waals surface area contributed by atoms with E-state index in [1.165, 1.54) is 12.8 Å². The van der Waals surface area contributed by atoms with Crippen LogP contribution in [0.2, 0.25) is 0 Å². The molecule has 2 N–H and O–H groups in total. The SMILES string of the molecule is CC(C)n1ncc(Br)c1C(C)(O)CC1CCCCN1. The van der Waals surface area contributed by atoms with Crippen molar-refractivity contribution in [2.45, 2.75) is 64.1 Å². The molecule has 0 spiro atoms. The average Bonchev–Trinajstić information content (AvgIpc) is 2.73. The first-order valence-corrected chi connectivity index (χ1v) is 7.90. The number of nitrogens with zero attached hydrogens (tertiary/aromatic N) is 2. The van der Waals surface area contributed by atoms with Gasteiger partial charge in [0, 0.05) is 12.1 Å². The third-order valence-electron chi connectivity index (χ3n) is 3.81. The molecule has 2 heterocycles. The van der Waals surface area contributed by atoms with E-state index in [1.807, 2.05) is 11.6 Å². The van der Waals surface area contributed by atoms with Gasteiger partial charge in [0.2, 0.25) is 0 Å². The Morgan fingerprint density at radius 1 is 1.58 bits per heavy atom. The van der Waals surface area contributed by atoms with E-state index in [0.29, 0.717) is 6.04 Å². The molecule has 19 heavy (non-hydrogen) atoms. The van der Waals surface area contributed by atoms with Crippen LogP contribution >= 0.6 is 15.9 Å². The second-order valence-corrected chi connectivity index (χ2v) is 6.86. The van der Waals surface area contributed by atoms with Crippen LogP contribution in [0.4, 0.5) is 0 Å². The summed E-state index contributed by atoms with van der Waals surface area (Å²) < 4.78 is 2.80. The lowest BCUT2D eigenvalue weighted by molar-refractivity contribution is 0.0227. The summed E-state index contributed by atoms with van der Waals surface area (Å²) in [7, 11) is 0. The van der Waals surface area contributed by atoms with E-state index in [9.17, 15) is 5.11 Å². The largest absolute Gasteiger partial charge is 0.384 e. The molecule has 108 valence electrons. The Hall–Kier alpha value is -0.390. The summed E-state index contributed by atoms with van der Waals surface area (Å²) in [6, 6.07) is 0.637. The van der Waals surface area contributed by atoms with Crippen LogP contribution in [0.15, 0.2) is 10.7 Å². The number of rotatable bonds is 4. The van der Waals surface area contributed by atoms with E-state index in [4.69, 9.17) is 0 Å². The molecule has 0 saturated carbocycles. The molecule has 0 bridgehead atoms. The third-order valence-corrected chi connectivity index (χ3v) is 4.39. The Labute approximate surface area is 123 Å². The lowest BCUT2D eigenvalue weighted by Crippen LogP contribution is -2.40. The van der Waals surface area contributed by atoms with Crippen LogP contribution < -0.4 is 5.32 Å². The molecule has 0 aliphatic carbocycles. The Bertz CT molecular complexity index is 422. The Kier molecular flexibility index (Phi) is 4.69. The molecule has 2 unspecified atom stereocenters. The first-order chi connectivity index (χ1) is 8.92. The number of piperidine rings is 1. The van der Waals surface area contributed by atoms with Crippen LogP contribution in [-0.2, 0) is 5.60 Å². The highest BCUT2D eigenvalue weighted by Crippen LogP contribution is 2.34. The Morgan fingerprint density at radius 2 is 2.32 bits per heavy atom. The fourth-order valence-corrected chi connectivity index (χ4v) is 3.61. The fraction of sp³-hybridized carbons (Fsp3) is 0.786. The summed E-state index contributed by atoms with van der Waals surface area (Å²) in [5.41, 5.74) is 0.0177. The van der Waals surface area contributed by atoms with Crippen LogP contribution in [0, 0.1) is 0 Å². The monoisotopic (exact) mass is 329 g/mol. The smallest absolute Gasteiger partial charge is 0.106 e. The number of nitrogens with one attached hydrogen (secondary N) is 1. The molecule has 2 atom stereocenters. The molecule has 1 aliphatic rings. The molecule has 1 aromatic heterocycles. The van der Waals surface area contributed by atoms with Gasteiger partial charge in [0.1, 0.15) is 5.60 Å². The topological polar surface area (TPSA) is 50.1 Å². The predicted molar refractivity (Wildman–Crippen MR) is 80.1 cm³/mol. The van der Waals surface area contributed by atoms with Crippen molar-refractivity contribution in [3.63, 3.8) is 0 Å². The van der Waals surface area contributed by atoms with Gasteiger partial charge in [0.05, 0.1) is 16.4 Å². The molecule has 1 fully saturated rings. The van der Waals surface area contributed by atoms with Gasteiger partial charge >= 0.3 is 0 Å². The summed E-state index contributed by atoms with van der Waals surface area (Å²) in [6.07, 6.45) is 6.14. The van der Waals surface area contributed by atoms with Gasteiger partial charge in [-0.2, -0.15) is 5.10 Å². The molecule has 1 aromatic rings. The third kappa shape index (κ3) is 3.38. The van der Waals surface area contributed by atoms with E-state index >= 15 is 0 Å². The summed E-state index contributed by atoms with van der Waals surface area (Å²) in [6.45, 7) is 7.12. The van der Waals surface area contributed by atoms with Crippen LogP contribution in [0.5, 0.6) is 0 Å². The highest BCUT2D eigenvalue weighted by Gasteiger charge is 2.33. The maximum atomic E-state index is 10.9. The zero-order valence-electron chi connectivity index (χ0n) is 12.0. The first kappa shape index (κ1) is 15.0. The van der Waals surface area contributed by atoms with Gasteiger partial charge in [-0.05, 0) is 62.5 Å². The second kappa shape index (κ2) is 5.94. The fourth-order valence-electron chi connectivity index (χ4n) is 2.91. The van der Waals surface area contributed by atoms with Crippen molar-refractivity contribution >= 4 is 15.9 Å². The molecule has 5 heteroatoms. The molecular weight excluding hydrogens is 306 g/mol. The number of aliphatic hydroxyl groups is 1. The van der Waals surface area contributed by atoms with Crippen LogP contribution in [0.25, 0.3) is 0 Å². The van der Waals surface area contributed by atoms with Crippen LogP contribution in [0.3, 0.4) is 0 Å². The first-order valence-electron chi connectivity index (χ1n) is 7.11. The average molecular weight is 330 g/mol. The minimum absolute atomic E-state index is 0.243. The summed E-state index contributed by atoms with van der Waals surface area (Å²) in [4.78, 5) is 0. The maximum Gasteiger partial charge on any atom is 0.106 e. The number of halogens is 1. The standard InChI is InChI=1S/C14H24BrN3O/c1-10(2)18-13(12(15)9-17-18)14(3,19)8-11-6-4-5-7-16-11/h9-11,16,19H,4-8H2,1-3H3. The second-order valence-electron chi connectivity index (χ2n) is 6.00. The van der Waals surface area contributed by atoms with Gasteiger partial charge in [-0.15, -0.1) is 0 Å². The molecule has 1 aliphatic heterocycles. The highest BCUT2D eigenvalue weighted by atomic mass is 79.9. The summed E-state index contributed by atoms with van der Waals surface area (Å²) in [5, 5.41) is 18.8. The number of hydrogen-bond donors (Lipinski definition) is 2. The van der Waals surface area contributed by atoms with Crippen molar-refractivity contribution in [2.75, 3.05) is 6.54 Å². The van der Waals surface area contributed by atoms with E-state index < -0.39 is 5.60 Å². The lowest BCUT2D eigenvalue weighted by Gasteiger charge is -2.32. The highest BCUT2D eigenvalue weighted by molar-refractivity contribution is 9.10. The van der Waals surface area contributed by atoms with Crippen molar-refractivity contribution < 1.29 is 5.11 Å². The molecular formula is C14H24BrN3O. The minimum atomic E-state index is -0.866. The van der Waals surface area contributed by atoms with Gasteiger partial charge in [-0.25, -0.2) is 0 Å². The summed E-state index contributed by atoms with van der Waals surface area (Å²) in [5.74, 6) is 0. The zero-order valence-corrected chi connectivity index (χ0v) is 13.6. The predicted octanol–water partition coefficient (Wildman–Crippen LogP) is 2.97. The quantitative estimate of drug-likeness (QED) is 0.892. The van der Waals surface area contributed by atoms with Crippen molar-refractivity contribution in [2.24, 2.45) is 0 Å². The number of hydrogen-bond acceptors (Lipinski definition) is 3. The molecule has 0 amide bonds. The van der Waals surface area contributed by atoms with Gasteiger partial charge < -0.3 is 10.4 Å². The normalized spacial score (nSPS) is 23.6. The van der Waals surface area contributed by atoms with Crippen LogP contribution in [-0.4, -0.2) is 27.5 Å². The molecule has 0 aromatic carbocycles. The Morgan fingerprint density at radius 3 is 2.89 bits per heavy atom.